The van der Waals surface area contributed by atoms with E-state index in [2.05, 4.69) is 35.0 Å². The standard InChI is InChI=1S/C21H25N3O2S/c1-17-20(19-9-5-6-10-21(19)22-17)15-23-11-13-24(14-12-23)27(25,26)16-18-7-3-2-4-8-18/h2-10,22H,11-16H2,1H3. The molecule has 1 aliphatic rings. The van der Waals surface area contributed by atoms with E-state index in [-0.39, 0.29) is 5.75 Å². The molecule has 1 aliphatic heterocycles. The minimum absolute atomic E-state index is 0.0788. The molecule has 27 heavy (non-hydrogen) atoms. The minimum Gasteiger partial charge on any atom is -0.358 e. The monoisotopic (exact) mass is 383 g/mol. The van der Waals surface area contributed by atoms with Crippen molar-refractivity contribution in [2.75, 3.05) is 26.2 Å². The lowest BCUT2D eigenvalue weighted by atomic mass is 10.1. The van der Waals surface area contributed by atoms with Crippen molar-refractivity contribution in [3.63, 3.8) is 0 Å². The molecule has 5 nitrogen and oxygen atoms in total. The molecule has 0 amide bonds. The van der Waals surface area contributed by atoms with Gasteiger partial charge in [-0.05, 0) is 24.1 Å². The molecule has 2 aromatic carbocycles. The molecule has 0 atom stereocenters. The van der Waals surface area contributed by atoms with Crippen LogP contribution in [0, 0.1) is 6.92 Å². The number of hydrogen-bond acceptors (Lipinski definition) is 3. The third-order valence-electron chi connectivity index (χ3n) is 5.33. The quantitative estimate of drug-likeness (QED) is 0.736. The second-order valence-corrected chi connectivity index (χ2v) is 9.16. The number of H-pyrrole nitrogens is 1. The molecule has 0 unspecified atom stereocenters. The molecule has 0 saturated carbocycles. The third-order valence-corrected chi connectivity index (χ3v) is 7.18. The van der Waals surface area contributed by atoms with Gasteiger partial charge in [0.1, 0.15) is 0 Å². The first-order chi connectivity index (χ1) is 13.0. The summed E-state index contributed by atoms with van der Waals surface area (Å²) in [6, 6.07) is 17.8. The van der Waals surface area contributed by atoms with Crippen molar-refractivity contribution in [1.29, 1.82) is 0 Å². The Kier molecular flexibility index (Phi) is 5.04. The van der Waals surface area contributed by atoms with E-state index in [1.807, 2.05) is 36.4 Å². The molecule has 1 N–H and O–H groups in total. The molecule has 2 heterocycles. The van der Waals surface area contributed by atoms with Crippen molar-refractivity contribution < 1.29 is 8.42 Å². The number of para-hydroxylation sites is 1. The van der Waals surface area contributed by atoms with Crippen molar-refractivity contribution in [1.82, 2.24) is 14.2 Å². The topological polar surface area (TPSA) is 56.4 Å². The fourth-order valence-corrected chi connectivity index (χ4v) is 5.32. The van der Waals surface area contributed by atoms with E-state index >= 15 is 0 Å². The van der Waals surface area contributed by atoms with E-state index in [1.165, 1.54) is 16.6 Å². The second kappa shape index (κ2) is 7.46. The maximum Gasteiger partial charge on any atom is 0.218 e. The summed E-state index contributed by atoms with van der Waals surface area (Å²) in [6.45, 7) is 5.57. The van der Waals surface area contributed by atoms with Gasteiger partial charge in [-0.25, -0.2) is 8.42 Å². The van der Waals surface area contributed by atoms with Gasteiger partial charge >= 0.3 is 0 Å². The van der Waals surface area contributed by atoms with Gasteiger partial charge in [-0.3, -0.25) is 4.90 Å². The van der Waals surface area contributed by atoms with E-state index in [0.29, 0.717) is 13.1 Å². The van der Waals surface area contributed by atoms with Gasteiger partial charge < -0.3 is 4.98 Å². The van der Waals surface area contributed by atoms with Crippen LogP contribution in [0.1, 0.15) is 16.8 Å². The number of nitrogens with one attached hydrogen (secondary N) is 1. The van der Waals surface area contributed by atoms with Crippen molar-refractivity contribution in [2.45, 2.75) is 19.2 Å². The lowest BCUT2D eigenvalue weighted by Gasteiger charge is -2.34. The number of fused-ring (bicyclic) bond motifs is 1. The van der Waals surface area contributed by atoms with Crippen LogP contribution in [0.15, 0.2) is 54.6 Å². The van der Waals surface area contributed by atoms with Crippen molar-refractivity contribution in [3.8, 4) is 0 Å². The zero-order chi connectivity index (χ0) is 18.9. The molecule has 0 radical (unpaired) electrons. The molecule has 1 aromatic heterocycles. The zero-order valence-electron chi connectivity index (χ0n) is 15.6. The Morgan fingerprint density at radius 2 is 1.59 bits per heavy atom. The van der Waals surface area contributed by atoms with Gasteiger partial charge in [0.05, 0.1) is 5.75 Å². The lowest BCUT2D eigenvalue weighted by Crippen LogP contribution is -2.48. The van der Waals surface area contributed by atoms with Gasteiger partial charge in [-0.1, -0.05) is 48.5 Å². The Hall–Kier alpha value is -2.15. The Bertz CT molecular complexity index is 1020. The second-order valence-electron chi connectivity index (χ2n) is 7.19. The molecular formula is C21H25N3O2S. The summed E-state index contributed by atoms with van der Waals surface area (Å²) >= 11 is 0. The maximum absolute atomic E-state index is 12.7. The highest BCUT2D eigenvalue weighted by Crippen LogP contribution is 2.24. The van der Waals surface area contributed by atoms with Crippen molar-refractivity contribution in [3.05, 3.63) is 71.4 Å². The summed E-state index contributed by atoms with van der Waals surface area (Å²) in [7, 11) is -3.26. The molecule has 0 aliphatic carbocycles. The van der Waals surface area contributed by atoms with Gasteiger partial charge in [-0.2, -0.15) is 4.31 Å². The molecular weight excluding hydrogens is 358 g/mol. The molecule has 1 fully saturated rings. The lowest BCUT2D eigenvalue weighted by molar-refractivity contribution is 0.182. The first kappa shape index (κ1) is 18.2. The first-order valence-corrected chi connectivity index (χ1v) is 10.9. The van der Waals surface area contributed by atoms with E-state index < -0.39 is 10.0 Å². The van der Waals surface area contributed by atoms with Crippen LogP contribution in [0.25, 0.3) is 10.9 Å². The smallest absolute Gasteiger partial charge is 0.218 e. The predicted octanol–water partition coefficient (Wildman–Crippen LogP) is 3.12. The summed E-state index contributed by atoms with van der Waals surface area (Å²) in [5, 5.41) is 1.26. The Morgan fingerprint density at radius 1 is 0.926 bits per heavy atom. The average Bonchev–Trinajstić information content (AvgIpc) is 2.98. The highest BCUT2D eigenvalue weighted by Gasteiger charge is 2.27. The van der Waals surface area contributed by atoms with E-state index in [4.69, 9.17) is 0 Å². The number of aromatic amines is 1. The van der Waals surface area contributed by atoms with Crippen molar-refractivity contribution in [2.24, 2.45) is 0 Å². The van der Waals surface area contributed by atoms with E-state index in [1.54, 1.807) is 4.31 Å². The van der Waals surface area contributed by atoms with Gasteiger partial charge in [-0.15, -0.1) is 0 Å². The molecule has 0 spiro atoms. The average molecular weight is 384 g/mol. The largest absolute Gasteiger partial charge is 0.358 e. The summed E-state index contributed by atoms with van der Waals surface area (Å²) in [4.78, 5) is 5.79. The molecule has 0 bridgehead atoms. The van der Waals surface area contributed by atoms with Crippen molar-refractivity contribution >= 4 is 20.9 Å². The number of aryl methyl sites for hydroxylation is 1. The number of sulfonamides is 1. The van der Waals surface area contributed by atoms with Gasteiger partial charge in [0.15, 0.2) is 0 Å². The highest BCUT2D eigenvalue weighted by atomic mass is 32.2. The number of benzene rings is 2. The van der Waals surface area contributed by atoms with Crippen LogP contribution in [0.5, 0.6) is 0 Å². The van der Waals surface area contributed by atoms with Crippen LogP contribution in [0.3, 0.4) is 0 Å². The fraction of sp³-hybridized carbons (Fsp3) is 0.333. The minimum atomic E-state index is -3.26. The van der Waals surface area contributed by atoms with Crippen LogP contribution in [-0.4, -0.2) is 48.8 Å². The van der Waals surface area contributed by atoms with Gasteiger partial charge in [0, 0.05) is 49.3 Å². The normalized spacial score (nSPS) is 16.8. The Balaban J connectivity index is 1.41. The fourth-order valence-electron chi connectivity index (χ4n) is 3.80. The van der Waals surface area contributed by atoms with E-state index in [9.17, 15) is 8.42 Å². The summed E-state index contributed by atoms with van der Waals surface area (Å²) < 4.78 is 27.1. The maximum atomic E-state index is 12.7. The van der Waals surface area contributed by atoms with Gasteiger partial charge in [0.25, 0.3) is 0 Å². The van der Waals surface area contributed by atoms with Crippen LogP contribution >= 0.6 is 0 Å². The number of piperazine rings is 1. The van der Waals surface area contributed by atoms with Gasteiger partial charge in [0.2, 0.25) is 10.0 Å². The molecule has 1 saturated heterocycles. The number of rotatable bonds is 5. The van der Waals surface area contributed by atoms with Crippen LogP contribution < -0.4 is 0 Å². The number of hydrogen-bond donors (Lipinski definition) is 1. The Labute approximate surface area is 160 Å². The summed E-state index contributed by atoms with van der Waals surface area (Å²) in [5.74, 6) is 0.0788. The highest BCUT2D eigenvalue weighted by molar-refractivity contribution is 7.88. The molecule has 6 heteroatoms. The summed E-state index contributed by atoms with van der Waals surface area (Å²) in [5.41, 5.74) is 4.50. The summed E-state index contributed by atoms with van der Waals surface area (Å²) in [6.07, 6.45) is 0. The molecule has 142 valence electrons. The number of nitrogens with zero attached hydrogens (tertiary/aromatic N) is 2. The van der Waals surface area contributed by atoms with Crippen LogP contribution in [0.2, 0.25) is 0 Å². The van der Waals surface area contributed by atoms with E-state index in [0.717, 1.165) is 30.7 Å². The third kappa shape index (κ3) is 3.93. The van der Waals surface area contributed by atoms with Crippen LogP contribution in [0.4, 0.5) is 0 Å². The zero-order valence-corrected chi connectivity index (χ0v) is 16.4. The molecule has 4 rings (SSSR count). The van der Waals surface area contributed by atoms with Crippen LogP contribution in [-0.2, 0) is 22.3 Å². The number of aromatic nitrogens is 1. The first-order valence-electron chi connectivity index (χ1n) is 9.33. The molecule has 3 aromatic rings. The SMILES string of the molecule is Cc1[nH]c2ccccc2c1CN1CCN(S(=O)(=O)Cc2ccccc2)CC1. The Morgan fingerprint density at radius 3 is 2.33 bits per heavy atom. The predicted molar refractivity (Wildman–Crippen MR) is 109 cm³/mol.